The van der Waals surface area contributed by atoms with E-state index in [4.69, 9.17) is 10.3 Å². The molecule has 6 heteroatoms. The standard InChI is InChI=1S/C10H18N4OS/c1-14(2)5-8(11)9-12-10(15-13-9)7-3-4-16-6-7/h7-8H,3-6,11H2,1-2H3. The van der Waals surface area contributed by atoms with Crippen molar-refractivity contribution in [2.45, 2.75) is 18.4 Å². The molecule has 2 atom stereocenters. The second-order valence-corrected chi connectivity index (χ2v) is 5.57. The van der Waals surface area contributed by atoms with Crippen LogP contribution in [0.15, 0.2) is 4.52 Å². The number of rotatable bonds is 4. The Morgan fingerprint density at radius 2 is 2.44 bits per heavy atom. The molecule has 16 heavy (non-hydrogen) atoms. The van der Waals surface area contributed by atoms with Crippen molar-refractivity contribution in [1.29, 1.82) is 0 Å². The van der Waals surface area contributed by atoms with Crippen molar-refractivity contribution in [3.05, 3.63) is 11.7 Å². The highest BCUT2D eigenvalue weighted by Gasteiger charge is 2.24. The zero-order valence-electron chi connectivity index (χ0n) is 9.72. The van der Waals surface area contributed by atoms with E-state index >= 15 is 0 Å². The van der Waals surface area contributed by atoms with Gasteiger partial charge in [0, 0.05) is 18.2 Å². The van der Waals surface area contributed by atoms with E-state index in [1.807, 2.05) is 30.8 Å². The second kappa shape index (κ2) is 5.16. The molecule has 90 valence electrons. The van der Waals surface area contributed by atoms with Crippen LogP contribution in [0.2, 0.25) is 0 Å². The summed E-state index contributed by atoms with van der Waals surface area (Å²) in [5.74, 6) is 4.09. The van der Waals surface area contributed by atoms with Crippen LogP contribution in [0.5, 0.6) is 0 Å². The fourth-order valence-electron chi connectivity index (χ4n) is 1.77. The van der Waals surface area contributed by atoms with Crippen LogP contribution in [0, 0.1) is 0 Å². The zero-order chi connectivity index (χ0) is 11.5. The average molecular weight is 242 g/mol. The molecule has 1 aliphatic rings. The molecule has 1 aromatic rings. The smallest absolute Gasteiger partial charge is 0.230 e. The number of hydrogen-bond acceptors (Lipinski definition) is 6. The first-order valence-corrected chi connectivity index (χ1v) is 6.64. The Morgan fingerprint density at radius 3 is 3.06 bits per heavy atom. The molecule has 2 N–H and O–H groups in total. The summed E-state index contributed by atoms with van der Waals surface area (Å²) in [5, 5.41) is 3.97. The van der Waals surface area contributed by atoms with Crippen molar-refractivity contribution in [3.8, 4) is 0 Å². The molecular weight excluding hydrogens is 224 g/mol. The first-order valence-electron chi connectivity index (χ1n) is 5.48. The minimum atomic E-state index is -0.165. The Kier molecular flexibility index (Phi) is 3.83. The molecule has 1 saturated heterocycles. The number of hydrogen-bond donors (Lipinski definition) is 1. The number of likely N-dealkylation sites (N-methyl/N-ethyl adjacent to an activating group) is 1. The highest BCUT2D eigenvalue weighted by molar-refractivity contribution is 7.99. The van der Waals surface area contributed by atoms with E-state index in [1.54, 1.807) is 0 Å². The quantitative estimate of drug-likeness (QED) is 0.844. The normalized spacial score (nSPS) is 22.9. The molecule has 1 aromatic heterocycles. The molecule has 0 radical (unpaired) electrons. The summed E-state index contributed by atoms with van der Waals surface area (Å²) in [6.45, 7) is 0.735. The van der Waals surface area contributed by atoms with Gasteiger partial charge in [-0.3, -0.25) is 0 Å². The molecule has 1 aliphatic heterocycles. The number of thioether (sulfide) groups is 1. The molecule has 1 fully saturated rings. The Hall–Kier alpha value is -0.590. The van der Waals surface area contributed by atoms with Gasteiger partial charge >= 0.3 is 0 Å². The van der Waals surface area contributed by atoms with Gasteiger partial charge in [-0.15, -0.1) is 0 Å². The maximum atomic E-state index is 5.98. The van der Waals surface area contributed by atoms with Gasteiger partial charge in [-0.1, -0.05) is 5.16 Å². The average Bonchev–Trinajstić information content (AvgIpc) is 2.87. The molecule has 0 spiro atoms. The lowest BCUT2D eigenvalue weighted by Gasteiger charge is -2.12. The minimum absolute atomic E-state index is 0.165. The Morgan fingerprint density at radius 1 is 1.62 bits per heavy atom. The Labute approximate surface area is 99.8 Å². The molecule has 0 saturated carbocycles. The van der Waals surface area contributed by atoms with E-state index in [2.05, 4.69) is 10.1 Å². The fraction of sp³-hybridized carbons (Fsp3) is 0.800. The molecular formula is C10H18N4OS. The summed E-state index contributed by atoms with van der Waals surface area (Å²) in [7, 11) is 3.96. The Balaban J connectivity index is 2.00. The molecule has 0 amide bonds. The van der Waals surface area contributed by atoms with Crippen LogP contribution in [0.1, 0.15) is 30.1 Å². The van der Waals surface area contributed by atoms with Crippen molar-refractivity contribution in [3.63, 3.8) is 0 Å². The van der Waals surface area contributed by atoms with Gasteiger partial charge in [0.1, 0.15) is 0 Å². The zero-order valence-corrected chi connectivity index (χ0v) is 10.5. The van der Waals surface area contributed by atoms with Gasteiger partial charge in [0.15, 0.2) is 5.82 Å². The topological polar surface area (TPSA) is 68.2 Å². The first kappa shape index (κ1) is 11.9. The number of aromatic nitrogens is 2. The van der Waals surface area contributed by atoms with Crippen LogP contribution in [-0.2, 0) is 0 Å². The van der Waals surface area contributed by atoms with Crippen molar-refractivity contribution in [2.24, 2.45) is 5.73 Å². The van der Waals surface area contributed by atoms with Crippen molar-refractivity contribution >= 4 is 11.8 Å². The molecule has 5 nitrogen and oxygen atoms in total. The first-order chi connectivity index (χ1) is 7.66. The van der Waals surface area contributed by atoms with Crippen LogP contribution in [-0.4, -0.2) is 47.2 Å². The highest BCUT2D eigenvalue weighted by atomic mass is 32.2. The lowest BCUT2D eigenvalue weighted by molar-refractivity contribution is 0.339. The summed E-state index contributed by atoms with van der Waals surface area (Å²) < 4.78 is 5.28. The van der Waals surface area contributed by atoms with Crippen LogP contribution in [0.25, 0.3) is 0 Å². The number of nitrogens with two attached hydrogens (primary N) is 1. The van der Waals surface area contributed by atoms with E-state index < -0.39 is 0 Å². The van der Waals surface area contributed by atoms with Crippen molar-refractivity contribution < 1.29 is 4.52 Å². The van der Waals surface area contributed by atoms with Gasteiger partial charge in [-0.05, 0) is 26.3 Å². The summed E-state index contributed by atoms with van der Waals surface area (Å²) in [6, 6.07) is -0.165. The molecule has 2 heterocycles. The van der Waals surface area contributed by atoms with Crippen LogP contribution >= 0.6 is 11.8 Å². The van der Waals surface area contributed by atoms with Crippen LogP contribution in [0.4, 0.5) is 0 Å². The summed E-state index contributed by atoms with van der Waals surface area (Å²) >= 11 is 1.94. The summed E-state index contributed by atoms with van der Waals surface area (Å²) in [4.78, 5) is 6.42. The highest BCUT2D eigenvalue weighted by Crippen LogP contribution is 2.31. The van der Waals surface area contributed by atoms with E-state index in [0.717, 1.165) is 24.6 Å². The van der Waals surface area contributed by atoms with Gasteiger partial charge in [0.25, 0.3) is 0 Å². The van der Waals surface area contributed by atoms with E-state index in [-0.39, 0.29) is 6.04 Å². The van der Waals surface area contributed by atoms with Gasteiger partial charge < -0.3 is 15.2 Å². The molecule has 0 bridgehead atoms. The van der Waals surface area contributed by atoms with Gasteiger partial charge in [0.2, 0.25) is 5.89 Å². The van der Waals surface area contributed by atoms with E-state index in [1.165, 1.54) is 5.75 Å². The molecule has 2 rings (SSSR count). The molecule has 2 unspecified atom stereocenters. The number of nitrogens with zero attached hydrogens (tertiary/aromatic N) is 3. The van der Waals surface area contributed by atoms with Crippen LogP contribution < -0.4 is 5.73 Å². The predicted molar refractivity (Wildman–Crippen MR) is 64.5 cm³/mol. The van der Waals surface area contributed by atoms with Crippen molar-refractivity contribution in [2.75, 3.05) is 32.1 Å². The monoisotopic (exact) mass is 242 g/mol. The maximum absolute atomic E-state index is 5.98. The third-order valence-corrected chi connectivity index (χ3v) is 3.79. The SMILES string of the molecule is CN(C)CC(N)c1noc(C2CCSC2)n1. The largest absolute Gasteiger partial charge is 0.339 e. The minimum Gasteiger partial charge on any atom is -0.339 e. The third kappa shape index (κ3) is 2.75. The fourth-order valence-corrected chi connectivity index (χ4v) is 2.98. The summed E-state index contributed by atoms with van der Waals surface area (Å²) in [6.07, 6.45) is 1.13. The van der Waals surface area contributed by atoms with Crippen LogP contribution in [0.3, 0.4) is 0 Å². The van der Waals surface area contributed by atoms with Gasteiger partial charge in [-0.25, -0.2) is 0 Å². The lowest BCUT2D eigenvalue weighted by atomic mass is 10.1. The second-order valence-electron chi connectivity index (χ2n) is 4.42. The lowest BCUT2D eigenvalue weighted by Crippen LogP contribution is -2.26. The van der Waals surface area contributed by atoms with Gasteiger partial charge in [-0.2, -0.15) is 16.7 Å². The van der Waals surface area contributed by atoms with Crippen molar-refractivity contribution in [1.82, 2.24) is 15.0 Å². The predicted octanol–water partition coefficient (Wildman–Crippen LogP) is 0.851. The molecule has 0 aromatic carbocycles. The van der Waals surface area contributed by atoms with Gasteiger partial charge in [0.05, 0.1) is 6.04 Å². The summed E-state index contributed by atoms with van der Waals surface area (Å²) in [5.41, 5.74) is 5.98. The van der Waals surface area contributed by atoms with E-state index in [0.29, 0.717) is 11.7 Å². The maximum Gasteiger partial charge on any atom is 0.230 e. The Bertz CT molecular complexity index is 335. The van der Waals surface area contributed by atoms with E-state index in [9.17, 15) is 0 Å². The third-order valence-electron chi connectivity index (χ3n) is 2.63. The molecule has 0 aliphatic carbocycles.